The molecule has 2 heterocycles. The predicted octanol–water partition coefficient (Wildman–Crippen LogP) is 4.54. The molecule has 0 bridgehead atoms. The zero-order valence-corrected chi connectivity index (χ0v) is 19.4. The van der Waals surface area contributed by atoms with Crippen LogP contribution in [-0.4, -0.2) is 51.8 Å². The molecule has 0 saturated heterocycles. The number of aromatic nitrogens is 3. The van der Waals surface area contributed by atoms with Gasteiger partial charge in [-0.1, -0.05) is 31.3 Å². The average Bonchev–Trinajstić information content (AvgIpc) is 3.27. The number of rotatable bonds is 8. The highest BCUT2D eigenvalue weighted by molar-refractivity contribution is 7.22. The number of halogens is 1. The van der Waals surface area contributed by atoms with E-state index in [2.05, 4.69) is 42.9 Å². The van der Waals surface area contributed by atoms with E-state index in [9.17, 15) is 4.79 Å². The number of benzene rings is 1. The van der Waals surface area contributed by atoms with E-state index in [0.29, 0.717) is 12.2 Å². The zero-order valence-electron chi connectivity index (χ0n) is 17.8. The van der Waals surface area contributed by atoms with Crippen LogP contribution in [0.2, 0.25) is 0 Å². The molecule has 3 rings (SSSR count). The summed E-state index contributed by atoms with van der Waals surface area (Å²) in [6.07, 6.45) is 0. The van der Waals surface area contributed by atoms with Gasteiger partial charge < -0.3 is 4.90 Å². The maximum Gasteiger partial charge on any atom is 0.280 e. The minimum atomic E-state index is -0.0850. The van der Waals surface area contributed by atoms with Gasteiger partial charge in [-0.15, -0.1) is 12.4 Å². The van der Waals surface area contributed by atoms with Gasteiger partial charge in [0.15, 0.2) is 10.8 Å². The minimum absolute atomic E-state index is 0. The second kappa shape index (κ2) is 10.2. The van der Waals surface area contributed by atoms with E-state index in [0.717, 1.165) is 47.2 Å². The summed E-state index contributed by atoms with van der Waals surface area (Å²) in [6.45, 7) is 14.4. The number of hydrogen-bond donors (Lipinski definition) is 0. The Morgan fingerprint density at radius 1 is 1.10 bits per heavy atom. The van der Waals surface area contributed by atoms with Gasteiger partial charge >= 0.3 is 0 Å². The average molecular weight is 436 g/mol. The van der Waals surface area contributed by atoms with Gasteiger partial charge in [0.05, 0.1) is 10.2 Å². The first-order valence-corrected chi connectivity index (χ1v) is 10.7. The van der Waals surface area contributed by atoms with E-state index in [4.69, 9.17) is 4.98 Å². The first-order valence-electron chi connectivity index (χ1n) is 9.92. The molecule has 6 nitrogen and oxygen atoms in total. The highest BCUT2D eigenvalue weighted by Gasteiger charge is 2.24. The Morgan fingerprint density at radius 3 is 2.45 bits per heavy atom. The van der Waals surface area contributed by atoms with Crippen molar-refractivity contribution in [2.45, 2.75) is 41.2 Å². The molecule has 0 N–H and O–H groups in total. The quantitative estimate of drug-likeness (QED) is 0.521. The fourth-order valence-electron chi connectivity index (χ4n) is 3.27. The van der Waals surface area contributed by atoms with Gasteiger partial charge in [-0.05, 0) is 57.6 Å². The van der Waals surface area contributed by atoms with Crippen LogP contribution in [0.5, 0.6) is 0 Å². The third-order valence-electron chi connectivity index (χ3n) is 5.04. The molecule has 0 unspecified atom stereocenters. The molecule has 3 aromatic rings. The standard InChI is InChI=1S/C21H29N5OS.ClH/c1-6-24(7-2)11-12-25(20(27)18-14-16(5)26(8-3)23-18)21-22-17-10-9-15(4)13-19(17)28-21;/h9-10,13-14H,6-8,11-12H2,1-5H3;1H. The van der Waals surface area contributed by atoms with E-state index in [1.54, 1.807) is 16.2 Å². The summed E-state index contributed by atoms with van der Waals surface area (Å²) in [5, 5.41) is 5.24. The van der Waals surface area contributed by atoms with Gasteiger partial charge in [0.25, 0.3) is 5.91 Å². The first kappa shape index (κ1) is 23.3. The Bertz CT molecular complexity index is 963. The van der Waals surface area contributed by atoms with Crippen molar-refractivity contribution in [1.82, 2.24) is 19.7 Å². The van der Waals surface area contributed by atoms with Crippen LogP contribution in [0.15, 0.2) is 24.3 Å². The molecular weight excluding hydrogens is 406 g/mol. The van der Waals surface area contributed by atoms with Gasteiger partial charge in [-0.3, -0.25) is 14.4 Å². The minimum Gasteiger partial charge on any atom is -0.302 e. The molecule has 8 heteroatoms. The number of aryl methyl sites for hydroxylation is 3. The van der Waals surface area contributed by atoms with Crippen molar-refractivity contribution in [2.24, 2.45) is 0 Å². The summed E-state index contributed by atoms with van der Waals surface area (Å²) in [5.74, 6) is -0.0850. The molecule has 2 aromatic heterocycles. The summed E-state index contributed by atoms with van der Waals surface area (Å²) in [4.78, 5) is 22.2. The second-order valence-corrected chi connectivity index (χ2v) is 7.95. The fourth-order valence-corrected chi connectivity index (χ4v) is 4.36. The molecule has 0 saturated carbocycles. The molecule has 0 fully saturated rings. The second-order valence-electron chi connectivity index (χ2n) is 6.94. The summed E-state index contributed by atoms with van der Waals surface area (Å²) < 4.78 is 2.96. The van der Waals surface area contributed by atoms with Gasteiger partial charge in [0.1, 0.15) is 0 Å². The number of thiazole rings is 1. The molecule has 1 amide bonds. The van der Waals surface area contributed by atoms with Crippen molar-refractivity contribution in [3.05, 3.63) is 41.2 Å². The molecule has 1 aromatic carbocycles. The molecule has 0 aliphatic heterocycles. The maximum absolute atomic E-state index is 13.4. The molecule has 0 aliphatic rings. The number of amides is 1. The lowest BCUT2D eigenvalue weighted by Crippen LogP contribution is -2.39. The van der Waals surface area contributed by atoms with Crippen molar-refractivity contribution < 1.29 is 4.79 Å². The van der Waals surface area contributed by atoms with Crippen molar-refractivity contribution in [3.8, 4) is 0 Å². The van der Waals surface area contributed by atoms with Gasteiger partial charge in [0, 0.05) is 25.3 Å². The Labute approximate surface area is 182 Å². The molecular formula is C21H30ClN5OS. The maximum atomic E-state index is 13.4. The van der Waals surface area contributed by atoms with Crippen LogP contribution in [0.1, 0.15) is 42.5 Å². The van der Waals surface area contributed by atoms with Crippen LogP contribution in [0.25, 0.3) is 10.2 Å². The lowest BCUT2D eigenvalue weighted by Gasteiger charge is -2.24. The number of carbonyl (C=O) groups is 1. The van der Waals surface area contributed by atoms with Crippen molar-refractivity contribution in [3.63, 3.8) is 0 Å². The molecule has 158 valence electrons. The molecule has 0 spiro atoms. The van der Waals surface area contributed by atoms with Gasteiger partial charge in [-0.2, -0.15) is 5.10 Å². The van der Waals surface area contributed by atoms with Crippen LogP contribution >= 0.6 is 23.7 Å². The summed E-state index contributed by atoms with van der Waals surface area (Å²) in [7, 11) is 0. The lowest BCUT2D eigenvalue weighted by molar-refractivity contribution is 0.0978. The van der Waals surface area contributed by atoms with E-state index < -0.39 is 0 Å². The molecule has 0 radical (unpaired) electrons. The predicted molar refractivity (Wildman–Crippen MR) is 124 cm³/mol. The lowest BCUT2D eigenvalue weighted by atomic mass is 10.2. The third kappa shape index (κ3) is 5.15. The number of hydrogen-bond acceptors (Lipinski definition) is 5. The van der Waals surface area contributed by atoms with E-state index in [1.807, 2.05) is 30.7 Å². The fraction of sp³-hybridized carbons (Fsp3) is 0.476. The molecule has 0 atom stereocenters. The number of anilines is 1. The number of nitrogens with zero attached hydrogens (tertiary/aromatic N) is 5. The largest absolute Gasteiger partial charge is 0.302 e. The van der Waals surface area contributed by atoms with Crippen LogP contribution in [-0.2, 0) is 6.54 Å². The topological polar surface area (TPSA) is 54.3 Å². The number of fused-ring (bicyclic) bond motifs is 1. The SMILES string of the molecule is CCN(CC)CCN(C(=O)c1cc(C)n(CC)n1)c1nc2ccc(C)cc2s1.Cl. The van der Waals surface area contributed by atoms with Crippen molar-refractivity contribution in [2.75, 3.05) is 31.1 Å². The van der Waals surface area contributed by atoms with Crippen molar-refractivity contribution >= 4 is 45.0 Å². The van der Waals surface area contributed by atoms with Crippen LogP contribution in [0.3, 0.4) is 0 Å². The monoisotopic (exact) mass is 435 g/mol. The van der Waals surface area contributed by atoms with Crippen LogP contribution in [0, 0.1) is 13.8 Å². The van der Waals surface area contributed by atoms with Gasteiger partial charge in [0.2, 0.25) is 0 Å². The highest BCUT2D eigenvalue weighted by atomic mass is 35.5. The Kier molecular flexibility index (Phi) is 8.19. The smallest absolute Gasteiger partial charge is 0.280 e. The Hall–Kier alpha value is -1.96. The van der Waals surface area contributed by atoms with E-state index in [1.165, 1.54) is 5.56 Å². The summed E-state index contributed by atoms with van der Waals surface area (Å²) >= 11 is 1.57. The number of likely N-dealkylation sites (N-methyl/N-ethyl adjacent to an activating group) is 1. The van der Waals surface area contributed by atoms with Crippen molar-refractivity contribution in [1.29, 1.82) is 0 Å². The summed E-state index contributed by atoms with van der Waals surface area (Å²) in [5.41, 5.74) is 3.60. The third-order valence-corrected chi connectivity index (χ3v) is 6.08. The van der Waals surface area contributed by atoms with Crippen LogP contribution in [0.4, 0.5) is 5.13 Å². The zero-order chi connectivity index (χ0) is 20.3. The van der Waals surface area contributed by atoms with Gasteiger partial charge in [-0.25, -0.2) is 4.98 Å². The molecule has 29 heavy (non-hydrogen) atoms. The highest BCUT2D eigenvalue weighted by Crippen LogP contribution is 2.30. The summed E-state index contributed by atoms with van der Waals surface area (Å²) in [6, 6.07) is 8.07. The first-order chi connectivity index (χ1) is 13.5. The normalized spacial score (nSPS) is 11.1. The Balaban J connectivity index is 0.00000300. The number of carbonyl (C=O) groups excluding carboxylic acids is 1. The van der Waals surface area contributed by atoms with Crippen LogP contribution < -0.4 is 4.90 Å². The van der Waals surface area contributed by atoms with E-state index in [-0.39, 0.29) is 18.3 Å². The molecule has 0 aliphatic carbocycles. The Morgan fingerprint density at radius 2 is 1.83 bits per heavy atom. The van der Waals surface area contributed by atoms with E-state index >= 15 is 0 Å².